The second kappa shape index (κ2) is 4.27. The lowest BCUT2D eigenvalue weighted by atomic mass is 10.2. The molecule has 1 aliphatic heterocycles. The minimum Gasteiger partial charge on any atom is -0.326 e. The van der Waals surface area contributed by atoms with E-state index in [1.54, 1.807) is 11.1 Å². The zero-order chi connectivity index (χ0) is 12.5. The normalized spacial score (nSPS) is 19.5. The van der Waals surface area contributed by atoms with Gasteiger partial charge >= 0.3 is 0 Å². The highest BCUT2D eigenvalue weighted by Crippen LogP contribution is 2.22. The number of aromatic amines is 1. The number of amides is 1. The number of H-pyrrole nitrogens is 1. The van der Waals surface area contributed by atoms with Crippen LogP contribution in [0.1, 0.15) is 6.42 Å². The van der Waals surface area contributed by atoms with Gasteiger partial charge in [-0.05, 0) is 5.56 Å². The number of hydrogen-bond acceptors (Lipinski definition) is 3. The number of anilines is 1. The van der Waals surface area contributed by atoms with Gasteiger partial charge in [0.1, 0.15) is 0 Å². The van der Waals surface area contributed by atoms with Crippen molar-refractivity contribution in [3.8, 4) is 11.3 Å². The summed E-state index contributed by atoms with van der Waals surface area (Å²) in [4.78, 5) is 20.7. The van der Waals surface area contributed by atoms with E-state index >= 15 is 0 Å². The van der Waals surface area contributed by atoms with Crippen molar-refractivity contribution in [1.82, 2.24) is 9.97 Å². The maximum atomic E-state index is 11.7. The van der Waals surface area contributed by atoms with Crippen LogP contribution in [0.3, 0.4) is 0 Å². The first-order valence-corrected chi connectivity index (χ1v) is 5.90. The highest BCUT2D eigenvalue weighted by Gasteiger charge is 2.29. The second-order valence-corrected chi connectivity index (χ2v) is 4.46. The quantitative estimate of drug-likeness (QED) is 0.829. The Bertz CT molecular complexity index is 563. The fourth-order valence-electron chi connectivity index (χ4n) is 2.15. The molecule has 1 fully saturated rings. The van der Waals surface area contributed by atoms with Gasteiger partial charge in [-0.25, -0.2) is 4.98 Å². The molecule has 3 rings (SSSR count). The van der Waals surface area contributed by atoms with Gasteiger partial charge in [0.25, 0.3) is 0 Å². The van der Waals surface area contributed by atoms with Gasteiger partial charge in [0, 0.05) is 19.0 Å². The Labute approximate surface area is 105 Å². The number of nitrogens with zero attached hydrogens (tertiary/aromatic N) is 2. The Morgan fingerprint density at radius 2 is 2.11 bits per heavy atom. The van der Waals surface area contributed by atoms with Gasteiger partial charge in [-0.15, -0.1) is 0 Å². The Balaban J connectivity index is 1.88. The molecule has 0 aliphatic carbocycles. The van der Waals surface area contributed by atoms with Crippen molar-refractivity contribution in [3.63, 3.8) is 0 Å². The summed E-state index contributed by atoms with van der Waals surface area (Å²) in [5.41, 5.74) is 7.72. The Hall–Kier alpha value is -2.14. The fraction of sp³-hybridized carbons (Fsp3) is 0.231. The fourth-order valence-corrected chi connectivity index (χ4v) is 2.15. The molecule has 1 saturated heterocycles. The van der Waals surface area contributed by atoms with E-state index in [0.29, 0.717) is 18.9 Å². The Morgan fingerprint density at radius 1 is 1.33 bits per heavy atom. The molecule has 92 valence electrons. The largest absolute Gasteiger partial charge is 0.326 e. The number of nitrogens with one attached hydrogen (secondary N) is 1. The number of carbonyl (C=O) groups excluding carboxylic acids is 1. The summed E-state index contributed by atoms with van der Waals surface area (Å²) >= 11 is 0. The smallest absolute Gasteiger partial charge is 0.230 e. The summed E-state index contributed by atoms with van der Waals surface area (Å²) in [7, 11) is 0. The molecule has 0 spiro atoms. The number of rotatable bonds is 2. The van der Waals surface area contributed by atoms with E-state index in [0.717, 1.165) is 11.3 Å². The SMILES string of the molecule is NC1CC(=O)N(c2ncc(-c3ccccc3)[nH]2)C1. The molecule has 0 bridgehead atoms. The van der Waals surface area contributed by atoms with E-state index in [1.165, 1.54) is 0 Å². The van der Waals surface area contributed by atoms with Gasteiger partial charge in [0.05, 0.1) is 11.9 Å². The van der Waals surface area contributed by atoms with Crippen molar-refractivity contribution < 1.29 is 4.79 Å². The van der Waals surface area contributed by atoms with Crippen LogP contribution in [0.5, 0.6) is 0 Å². The van der Waals surface area contributed by atoms with E-state index in [9.17, 15) is 4.79 Å². The first-order chi connectivity index (χ1) is 8.74. The van der Waals surface area contributed by atoms with Crippen LogP contribution in [0.2, 0.25) is 0 Å². The molecule has 1 aliphatic rings. The summed E-state index contributed by atoms with van der Waals surface area (Å²) in [5, 5.41) is 0. The highest BCUT2D eigenvalue weighted by atomic mass is 16.2. The molecular formula is C13H14N4O. The van der Waals surface area contributed by atoms with Gasteiger partial charge < -0.3 is 10.7 Å². The molecule has 0 saturated carbocycles. The maximum Gasteiger partial charge on any atom is 0.230 e. The van der Waals surface area contributed by atoms with Crippen molar-refractivity contribution in [2.75, 3.05) is 11.4 Å². The predicted octanol–water partition coefficient (Wildman–Crippen LogP) is 1.14. The van der Waals surface area contributed by atoms with Crippen molar-refractivity contribution in [3.05, 3.63) is 36.5 Å². The van der Waals surface area contributed by atoms with Crippen molar-refractivity contribution >= 4 is 11.9 Å². The van der Waals surface area contributed by atoms with Crippen molar-refractivity contribution in [1.29, 1.82) is 0 Å². The summed E-state index contributed by atoms with van der Waals surface area (Å²) in [6, 6.07) is 9.79. The van der Waals surface area contributed by atoms with E-state index in [1.807, 2.05) is 30.3 Å². The molecule has 5 nitrogen and oxygen atoms in total. The van der Waals surface area contributed by atoms with Crippen molar-refractivity contribution in [2.45, 2.75) is 12.5 Å². The van der Waals surface area contributed by atoms with Crippen LogP contribution in [0.15, 0.2) is 36.5 Å². The zero-order valence-corrected chi connectivity index (χ0v) is 9.84. The lowest BCUT2D eigenvalue weighted by Crippen LogP contribution is -2.28. The second-order valence-electron chi connectivity index (χ2n) is 4.46. The van der Waals surface area contributed by atoms with Crippen LogP contribution in [0.25, 0.3) is 11.3 Å². The molecule has 5 heteroatoms. The van der Waals surface area contributed by atoms with Gasteiger partial charge in [-0.3, -0.25) is 9.69 Å². The molecule has 1 aromatic carbocycles. The third kappa shape index (κ3) is 1.89. The maximum absolute atomic E-state index is 11.7. The summed E-state index contributed by atoms with van der Waals surface area (Å²) < 4.78 is 0. The molecule has 1 unspecified atom stereocenters. The number of carbonyl (C=O) groups is 1. The topological polar surface area (TPSA) is 75.0 Å². The standard InChI is InChI=1S/C13H14N4O/c14-10-6-12(18)17(8-10)13-15-7-11(16-13)9-4-2-1-3-5-9/h1-5,7,10H,6,8,14H2,(H,15,16). The number of hydrogen-bond donors (Lipinski definition) is 2. The minimum absolute atomic E-state index is 0.0245. The third-order valence-corrected chi connectivity index (χ3v) is 3.06. The average Bonchev–Trinajstić information content (AvgIpc) is 2.97. The molecule has 2 aromatic rings. The van der Waals surface area contributed by atoms with Crippen LogP contribution < -0.4 is 10.6 Å². The average molecular weight is 242 g/mol. The predicted molar refractivity (Wildman–Crippen MR) is 69.0 cm³/mol. The lowest BCUT2D eigenvalue weighted by molar-refractivity contribution is -0.117. The molecular weight excluding hydrogens is 228 g/mol. The minimum atomic E-state index is -0.0947. The van der Waals surface area contributed by atoms with E-state index < -0.39 is 0 Å². The molecule has 0 radical (unpaired) electrons. The lowest BCUT2D eigenvalue weighted by Gasteiger charge is -2.11. The molecule has 3 N–H and O–H groups in total. The van der Waals surface area contributed by atoms with Crippen LogP contribution >= 0.6 is 0 Å². The Morgan fingerprint density at radius 3 is 2.78 bits per heavy atom. The molecule has 1 amide bonds. The number of imidazole rings is 1. The Kier molecular flexibility index (Phi) is 2.60. The monoisotopic (exact) mass is 242 g/mol. The van der Waals surface area contributed by atoms with Crippen LogP contribution in [0, 0.1) is 0 Å². The first-order valence-electron chi connectivity index (χ1n) is 5.90. The van der Waals surface area contributed by atoms with Crippen LogP contribution in [0.4, 0.5) is 5.95 Å². The highest BCUT2D eigenvalue weighted by molar-refractivity contribution is 5.94. The van der Waals surface area contributed by atoms with Gasteiger partial charge in [0.2, 0.25) is 11.9 Å². The molecule has 2 heterocycles. The van der Waals surface area contributed by atoms with Crippen LogP contribution in [-0.2, 0) is 4.79 Å². The van der Waals surface area contributed by atoms with E-state index in [2.05, 4.69) is 9.97 Å². The van der Waals surface area contributed by atoms with E-state index in [4.69, 9.17) is 5.73 Å². The number of nitrogens with two attached hydrogens (primary N) is 1. The summed E-state index contributed by atoms with van der Waals surface area (Å²) in [6.07, 6.45) is 2.13. The molecule has 1 atom stereocenters. The van der Waals surface area contributed by atoms with Gasteiger partial charge in [-0.1, -0.05) is 30.3 Å². The van der Waals surface area contributed by atoms with Crippen molar-refractivity contribution in [2.24, 2.45) is 5.73 Å². The first kappa shape index (κ1) is 11.0. The number of aromatic nitrogens is 2. The van der Waals surface area contributed by atoms with Gasteiger partial charge in [-0.2, -0.15) is 0 Å². The molecule has 1 aromatic heterocycles. The van der Waals surface area contributed by atoms with E-state index in [-0.39, 0.29) is 11.9 Å². The zero-order valence-electron chi connectivity index (χ0n) is 9.84. The number of benzene rings is 1. The van der Waals surface area contributed by atoms with Gasteiger partial charge in [0.15, 0.2) is 0 Å². The van der Waals surface area contributed by atoms with Crippen LogP contribution in [-0.4, -0.2) is 28.5 Å². The summed E-state index contributed by atoms with van der Waals surface area (Å²) in [6.45, 7) is 0.528. The third-order valence-electron chi connectivity index (χ3n) is 3.06. The molecule has 18 heavy (non-hydrogen) atoms. The summed E-state index contributed by atoms with van der Waals surface area (Å²) in [5.74, 6) is 0.600.